The lowest BCUT2D eigenvalue weighted by Crippen LogP contribution is -2.29. The summed E-state index contributed by atoms with van der Waals surface area (Å²) in [6.45, 7) is 5.42. The molecule has 7 heteroatoms. The minimum atomic E-state index is -0.536. The van der Waals surface area contributed by atoms with Gasteiger partial charge in [-0.25, -0.2) is 9.59 Å². The Morgan fingerprint density at radius 2 is 1.19 bits per heavy atom. The second kappa shape index (κ2) is 15.3. The number of unbranched alkanes of at least 4 members (excludes halogenated alkanes) is 8. The first-order valence-electron chi connectivity index (χ1n) is 10.1. The van der Waals surface area contributed by atoms with E-state index < -0.39 is 12.2 Å². The van der Waals surface area contributed by atoms with Gasteiger partial charge in [0, 0.05) is 23.8 Å². The summed E-state index contributed by atoms with van der Waals surface area (Å²) in [5.74, 6) is 0.523. The highest BCUT2D eigenvalue weighted by Gasteiger charge is 2.14. The lowest BCUT2D eigenvalue weighted by molar-refractivity contribution is 0.190. The second-order valence-corrected chi connectivity index (χ2v) is 7.30. The third kappa shape index (κ3) is 11.5. The van der Waals surface area contributed by atoms with E-state index in [1.54, 1.807) is 10.8 Å². The SMILES string of the molecule is CCCCCCCCCCNC(=O)Oc1cscc1OC(=O)NCCCC. The molecule has 0 aliphatic heterocycles. The zero-order chi connectivity index (χ0) is 19.7. The molecular weight excluding hydrogens is 364 g/mol. The number of carbonyl (C=O) groups excluding carboxylic acids is 2. The van der Waals surface area contributed by atoms with Crippen molar-refractivity contribution >= 4 is 23.5 Å². The molecule has 27 heavy (non-hydrogen) atoms. The van der Waals surface area contributed by atoms with Crippen LogP contribution in [0.2, 0.25) is 0 Å². The van der Waals surface area contributed by atoms with Crippen LogP contribution in [0.3, 0.4) is 0 Å². The molecule has 6 nitrogen and oxygen atoms in total. The Morgan fingerprint density at radius 3 is 1.70 bits per heavy atom. The van der Waals surface area contributed by atoms with Crippen LogP contribution in [-0.2, 0) is 0 Å². The quantitative estimate of drug-likeness (QED) is 0.384. The number of hydrogen-bond acceptors (Lipinski definition) is 5. The molecule has 0 radical (unpaired) electrons. The number of carbonyl (C=O) groups is 2. The molecule has 0 fully saturated rings. The molecule has 0 saturated heterocycles. The van der Waals surface area contributed by atoms with Crippen LogP contribution in [0.4, 0.5) is 9.59 Å². The van der Waals surface area contributed by atoms with E-state index in [2.05, 4.69) is 17.6 Å². The number of amides is 2. The Balaban J connectivity index is 2.16. The molecule has 0 bridgehead atoms. The van der Waals surface area contributed by atoms with Gasteiger partial charge in [-0.05, 0) is 12.8 Å². The Hall–Kier alpha value is -1.76. The topological polar surface area (TPSA) is 76.7 Å². The van der Waals surface area contributed by atoms with Gasteiger partial charge in [-0.15, -0.1) is 11.3 Å². The molecule has 0 aliphatic carbocycles. The van der Waals surface area contributed by atoms with Gasteiger partial charge < -0.3 is 20.1 Å². The fraction of sp³-hybridized carbons (Fsp3) is 0.700. The Morgan fingerprint density at radius 1 is 0.741 bits per heavy atom. The predicted octanol–water partition coefficient (Wildman–Crippen LogP) is 5.87. The Bertz CT molecular complexity index is 534. The minimum Gasteiger partial charge on any atom is -0.405 e. The molecule has 1 rings (SSSR count). The van der Waals surface area contributed by atoms with Crippen molar-refractivity contribution in [1.82, 2.24) is 10.6 Å². The van der Waals surface area contributed by atoms with Gasteiger partial charge in [0.05, 0.1) is 0 Å². The fourth-order valence-corrected chi connectivity index (χ4v) is 3.15. The lowest BCUT2D eigenvalue weighted by Gasteiger charge is -2.08. The van der Waals surface area contributed by atoms with Crippen molar-refractivity contribution in [1.29, 1.82) is 0 Å². The molecule has 1 aromatic heterocycles. The third-order valence-corrected chi connectivity index (χ3v) is 4.80. The zero-order valence-electron chi connectivity index (χ0n) is 16.7. The highest BCUT2D eigenvalue weighted by atomic mass is 32.1. The number of rotatable bonds is 14. The van der Waals surface area contributed by atoms with Crippen molar-refractivity contribution < 1.29 is 19.1 Å². The van der Waals surface area contributed by atoms with Crippen LogP contribution in [0.15, 0.2) is 10.8 Å². The number of hydrogen-bond donors (Lipinski definition) is 2. The third-order valence-electron chi connectivity index (χ3n) is 4.10. The Labute approximate surface area is 167 Å². The molecule has 1 aromatic rings. The van der Waals surface area contributed by atoms with E-state index in [9.17, 15) is 9.59 Å². The van der Waals surface area contributed by atoms with Crippen molar-refractivity contribution in [3.05, 3.63) is 10.8 Å². The van der Waals surface area contributed by atoms with E-state index >= 15 is 0 Å². The molecule has 154 valence electrons. The van der Waals surface area contributed by atoms with Gasteiger partial charge in [-0.1, -0.05) is 65.2 Å². The number of nitrogens with one attached hydrogen (secondary N) is 2. The maximum Gasteiger partial charge on any atom is 0.412 e. The van der Waals surface area contributed by atoms with Crippen LogP contribution in [0, 0.1) is 0 Å². The summed E-state index contributed by atoms with van der Waals surface area (Å²) in [4.78, 5) is 23.6. The molecule has 0 aliphatic rings. The molecule has 0 saturated carbocycles. The zero-order valence-corrected chi connectivity index (χ0v) is 17.5. The van der Waals surface area contributed by atoms with Gasteiger partial charge in [0.1, 0.15) is 0 Å². The van der Waals surface area contributed by atoms with E-state index in [1.165, 1.54) is 49.9 Å². The van der Waals surface area contributed by atoms with Crippen LogP contribution in [0.5, 0.6) is 11.5 Å². The molecule has 1 heterocycles. The average Bonchev–Trinajstić information content (AvgIpc) is 3.07. The number of ether oxygens (including phenoxy) is 2. The van der Waals surface area contributed by atoms with Gasteiger partial charge in [-0.2, -0.15) is 0 Å². The van der Waals surface area contributed by atoms with E-state index in [1.807, 2.05) is 6.92 Å². The summed E-state index contributed by atoms with van der Waals surface area (Å²) in [7, 11) is 0. The fourth-order valence-electron chi connectivity index (χ4n) is 2.51. The second-order valence-electron chi connectivity index (χ2n) is 6.56. The smallest absolute Gasteiger partial charge is 0.405 e. The molecular formula is C20H34N2O4S. The summed E-state index contributed by atoms with van der Waals surface area (Å²) in [6.07, 6.45) is 10.6. The maximum atomic E-state index is 11.9. The highest BCUT2D eigenvalue weighted by molar-refractivity contribution is 7.08. The van der Waals surface area contributed by atoms with Crippen molar-refractivity contribution in [2.45, 2.75) is 78.1 Å². The molecule has 0 atom stereocenters. The predicted molar refractivity (Wildman–Crippen MR) is 110 cm³/mol. The van der Waals surface area contributed by atoms with Crippen LogP contribution in [0.25, 0.3) is 0 Å². The lowest BCUT2D eigenvalue weighted by atomic mass is 10.1. The van der Waals surface area contributed by atoms with Crippen molar-refractivity contribution in [3.63, 3.8) is 0 Å². The summed E-state index contributed by atoms with van der Waals surface area (Å²) in [5, 5.41) is 8.68. The number of thiophene rings is 1. The van der Waals surface area contributed by atoms with Crippen molar-refractivity contribution in [2.75, 3.05) is 13.1 Å². The molecule has 2 amide bonds. The highest BCUT2D eigenvalue weighted by Crippen LogP contribution is 2.31. The van der Waals surface area contributed by atoms with E-state index in [4.69, 9.17) is 9.47 Å². The molecule has 0 unspecified atom stereocenters. The minimum absolute atomic E-state index is 0.260. The van der Waals surface area contributed by atoms with Gasteiger partial charge in [-0.3, -0.25) is 0 Å². The van der Waals surface area contributed by atoms with Gasteiger partial charge in [0.25, 0.3) is 0 Å². The van der Waals surface area contributed by atoms with Crippen LogP contribution in [-0.4, -0.2) is 25.3 Å². The first kappa shape index (κ1) is 23.3. The monoisotopic (exact) mass is 398 g/mol. The standard InChI is InChI=1S/C20H34N2O4S/c1-3-5-7-8-9-10-11-12-14-22-20(24)26-18-16-27-15-17(18)25-19(23)21-13-6-4-2/h15-16H,3-14H2,1-2H3,(H,21,23)(H,22,24). The van der Waals surface area contributed by atoms with E-state index in [0.29, 0.717) is 13.1 Å². The van der Waals surface area contributed by atoms with Gasteiger partial charge in [0.2, 0.25) is 0 Å². The van der Waals surface area contributed by atoms with Crippen molar-refractivity contribution in [2.24, 2.45) is 0 Å². The van der Waals surface area contributed by atoms with E-state index in [0.717, 1.165) is 25.7 Å². The summed E-state index contributed by atoms with van der Waals surface area (Å²) in [5.41, 5.74) is 0. The van der Waals surface area contributed by atoms with Crippen LogP contribution < -0.4 is 20.1 Å². The van der Waals surface area contributed by atoms with Gasteiger partial charge >= 0.3 is 12.2 Å². The first-order valence-corrected chi connectivity index (χ1v) is 11.1. The molecule has 0 spiro atoms. The maximum absolute atomic E-state index is 11.9. The van der Waals surface area contributed by atoms with Gasteiger partial charge in [0.15, 0.2) is 11.5 Å². The largest absolute Gasteiger partial charge is 0.412 e. The summed E-state index contributed by atoms with van der Waals surface area (Å²) < 4.78 is 10.4. The first-order chi connectivity index (χ1) is 13.2. The van der Waals surface area contributed by atoms with Crippen molar-refractivity contribution in [3.8, 4) is 11.5 Å². The molecule has 2 N–H and O–H groups in total. The summed E-state index contributed by atoms with van der Waals surface area (Å²) >= 11 is 1.31. The van der Waals surface area contributed by atoms with E-state index in [-0.39, 0.29) is 11.5 Å². The Kier molecular flexibility index (Phi) is 13.2. The average molecular weight is 399 g/mol. The van der Waals surface area contributed by atoms with Crippen LogP contribution >= 0.6 is 11.3 Å². The molecule has 0 aromatic carbocycles. The van der Waals surface area contributed by atoms with Crippen LogP contribution in [0.1, 0.15) is 78.1 Å². The normalized spacial score (nSPS) is 10.4. The summed E-state index contributed by atoms with van der Waals surface area (Å²) in [6, 6.07) is 0.